The Morgan fingerprint density at radius 2 is 1.77 bits per heavy atom. The average molecular weight is 194 g/mol. The van der Waals surface area contributed by atoms with Crippen LogP contribution in [0.1, 0.15) is 29.2 Å². The summed E-state index contributed by atoms with van der Waals surface area (Å²) < 4.78 is 0. The van der Waals surface area contributed by atoms with Crippen molar-refractivity contribution >= 4 is 9.24 Å². The molecule has 2 atom stereocenters. The minimum Gasteiger partial charge on any atom is -0.134 e. The van der Waals surface area contributed by atoms with E-state index in [1.807, 2.05) is 0 Å². The predicted octanol–water partition coefficient (Wildman–Crippen LogP) is 3.42. The summed E-state index contributed by atoms with van der Waals surface area (Å²) in [5, 5.41) is 0. The van der Waals surface area contributed by atoms with Gasteiger partial charge in [-0.2, -0.15) is 0 Å². The molecule has 0 amide bonds. The fourth-order valence-corrected chi connectivity index (χ4v) is 1.83. The van der Waals surface area contributed by atoms with Crippen LogP contribution >= 0.6 is 9.24 Å². The summed E-state index contributed by atoms with van der Waals surface area (Å²) in [4.78, 5) is 0. The lowest BCUT2D eigenvalue weighted by atomic mass is 9.96. The Morgan fingerprint density at radius 3 is 2.31 bits per heavy atom. The van der Waals surface area contributed by atoms with Crippen molar-refractivity contribution in [2.75, 3.05) is 0 Å². The van der Waals surface area contributed by atoms with Crippen LogP contribution in [-0.2, 0) is 6.42 Å². The van der Waals surface area contributed by atoms with E-state index in [4.69, 9.17) is 0 Å². The fraction of sp³-hybridized carbons (Fsp3) is 0.500. The normalized spacial score (nSPS) is 13.0. The van der Waals surface area contributed by atoms with Gasteiger partial charge in [0.15, 0.2) is 0 Å². The maximum Gasteiger partial charge on any atom is -0.0216 e. The fourth-order valence-electron chi connectivity index (χ4n) is 1.58. The van der Waals surface area contributed by atoms with Gasteiger partial charge in [-0.15, -0.1) is 9.24 Å². The van der Waals surface area contributed by atoms with Gasteiger partial charge in [-0.05, 0) is 55.1 Å². The Morgan fingerprint density at radius 1 is 1.15 bits per heavy atom. The van der Waals surface area contributed by atoms with E-state index in [0.29, 0.717) is 5.66 Å². The van der Waals surface area contributed by atoms with Crippen molar-refractivity contribution in [2.45, 2.75) is 39.8 Å². The standard InChI is InChI=1S/C12H19P/c1-8-5-6-12(7-9(2)13)11(4)10(8)3/h5-6,9H,7,13H2,1-4H3. The van der Waals surface area contributed by atoms with Crippen molar-refractivity contribution in [2.24, 2.45) is 0 Å². The Hall–Kier alpha value is -0.350. The molecular formula is C12H19P. The van der Waals surface area contributed by atoms with Crippen LogP contribution in [-0.4, -0.2) is 5.66 Å². The van der Waals surface area contributed by atoms with Crippen LogP contribution in [0.2, 0.25) is 0 Å². The minimum absolute atomic E-state index is 0.667. The molecule has 0 N–H and O–H groups in total. The maximum absolute atomic E-state index is 2.86. The molecule has 0 heterocycles. The first-order valence-electron chi connectivity index (χ1n) is 4.83. The van der Waals surface area contributed by atoms with Crippen LogP contribution in [0.25, 0.3) is 0 Å². The van der Waals surface area contributed by atoms with Gasteiger partial charge >= 0.3 is 0 Å². The van der Waals surface area contributed by atoms with Crippen molar-refractivity contribution in [3.8, 4) is 0 Å². The topological polar surface area (TPSA) is 0 Å². The van der Waals surface area contributed by atoms with Gasteiger partial charge in [0, 0.05) is 0 Å². The second-order valence-corrected chi connectivity index (χ2v) is 5.11. The molecule has 0 saturated carbocycles. The largest absolute Gasteiger partial charge is 0.134 e. The zero-order chi connectivity index (χ0) is 10.0. The minimum atomic E-state index is 0.667. The monoisotopic (exact) mass is 194 g/mol. The molecule has 0 saturated heterocycles. The number of hydrogen-bond acceptors (Lipinski definition) is 0. The average Bonchev–Trinajstić information content (AvgIpc) is 2.06. The molecule has 72 valence electrons. The van der Waals surface area contributed by atoms with Crippen molar-refractivity contribution in [3.63, 3.8) is 0 Å². The highest BCUT2D eigenvalue weighted by molar-refractivity contribution is 7.17. The smallest absolute Gasteiger partial charge is 0.0216 e. The van der Waals surface area contributed by atoms with E-state index in [0.717, 1.165) is 6.42 Å². The number of hydrogen-bond donors (Lipinski definition) is 0. The van der Waals surface area contributed by atoms with Gasteiger partial charge in [-0.25, -0.2) is 0 Å². The summed E-state index contributed by atoms with van der Waals surface area (Å²) in [7, 11) is 2.86. The zero-order valence-corrected chi connectivity index (χ0v) is 10.2. The molecule has 0 fully saturated rings. The van der Waals surface area contributed by atoms with E-state index in [1.165, 1.54) is 22.3 Å². The lowest BCUT2D eigenvalue weighted by molar-refractivity contribution is 0.929. The quantitative estimate of drug-likeness (QED) is 0.633. The third-order valence-corrected chi connectivity index (χ3v) is 2.95. The second-order valence-electron chi connectivity index (χ2n) is 3.97. The van der Waals surface area contributed by atoms with Crippen molar-refractivity contribution in [1.82, 2.24) is 0 Å². The first-order valence-corrected chi connectivity index (χ1v) is 5.50. The third kappa shape index (κ3) is 2.54. The summed E-state index contributed by atoms with van der Waals surface area (Å²) in [6.07, 6.45) is 1.16. The molecule has 0 aliphatic rings. The van der Waals surface area contributed by atoms with E-state index >= 15 is 0 Å². The number of benzene rings is 1. The molecule has 0 nitrogen and oxygen atoms in total. The first kappa shape index (κ1) is 10.7. The molecule has 0 spiro atoms. The summed E-state index contributed by atoms with van der Waals surface area (Å²) in [5.41, 5.74) is 6.47. The molecule has 1 rings (SSSR count). The summed E-state index contributed by atoms with van der Waals surface area (Å²) in [6, 6.07) is 4.49. The van der Waals surface area contributed by atoms with E-state index < -0.39 is 0 Å². The SMILES string of the molecule is Cc1ccc(CC(C)P)c(C)c1C. The van der Waals surface area contributed by atoms with Crippen LogP contribution in [0, 0.1) is 20.8 Å². The summed E-state index contributed by atoms with van der Waals surface area (Å²) >= 11 is 0. The lowest BCUT2D eigenvalue weighted by Gasteiger charge is -2.12. The Bertz CT molecular complexity index is 300. The van der Waals surface area contributed by atoms with Gasteiger partial charge in [0.25, 0.3) is 0 Å². The van der Waals surface area contributed by atoms with Gasteiger partial charge in [0.1, 0.15) is 0 Å². The molecule has 2 unspecified atom stereocenters. The maximum atomic E-state index is 2.86. The molecule has 0 aliphatic heterocycles. The molecule has 1 aromatic rings. The molecule has 0 radical (unpaired) electrons. The molecule has 1 aromatic carbocycles. The van der Waals surface area contributed by atoms with Crippen LogP contribution < -0.4 is 0 Å². The predicted molar refractivity (Wildman–Crippen MR) is 63.5 cm³/mol. The van der Waals surface area contributed by atoms with Crippen LogP contribution in [0.5, 0.6) is 0 Å². The number of aryl methyl sites for hydroxylation is 1. The first-order chi connectivity index (χ1) is 6.02. The third-order valence-electron chi connectivity index (χ3n) is 2.71. The van der Waals surface area contributed by atoms with Gasteiger partial charge in [0.2, 0.25) is 0 Å². The van der Waals surface area contributed by atoms with Gasteiger partial charge in [-0.3, -0.25) is 0 Å². The van der Waals surface area contributed by atoms with E-state index in [2.05, 4.69) is 49.1 Å². The van der Waals surface area contributed by atoms with Crippen molar-refractivity contribution in [3.05, 3.63) is 34.4 Å². The number of rotatable bonds is 2. The lowest BCUT2D eigenvalue weighted by Crippen LogP contribution is -2.01. The van der Waals surface area contributed by atoms with Gasteiger partial charge in [0.05, 0.1) is 0 Å². The zero-order valence-electron chi connectivity index (χ0n) is 9.02. The highest BCUT2D eigenvalue weighted by Gasteiger charge is 2.04. The van der Waals surface area contributed by atoms with Crippen LogP contribution in [0.15, 0.2) is 12.1 Å². The summed E-state index contributed by atoms with van der Waals surface area (Å²) in [5.74, 6) is 0. The Labute approximate surface area is 84.0 Å². The van der Waals surface area contributed by atoms with Gasteiger partial charge < -0.3 is 0 Å². The molecule has 0 aromatic heterocycles. The highest BCUT2D eigenvalue weighted by Crippen LogP contribution is 2.19. The van der Waals surface area contributed by atoms with Crippen LogP contribution in [0.4, 0.5) is 0 Å². The summed E-state index contributed by atoms with van der Waals surface area (Å²) in [6.45, 7) is 8.85. The van der Waals surface area contributed by atoms with Crippen LogP contribution in [0.3, 0.4) is 0 Å². The Balaban J connectivity index is 3.04. The molecular weight excluding hydrogens is 175 g/mol. The van der Waals surface area contributed by atoms with Gasteiger partial charge in [-0.1, -0.05) is 19.1 Å². The Kier molecular flexibility index (Phi) is 3.50. The van der Waals surface area contributed by atoms with E-state index in [1.54, 1.807) is 0 Å². The van der Waals surface area contributed by atoms with Crippen molar-refractivity contribution in [1.29, 1.82) is 0 Å². The molecule has 0 aliphatic carbocycles. The van der Waals surface area contributed by atoms with E-state index in [9.17, 15) is 0 Å². The molecule has 13 heavy (non-hydrogen) atoms. The van der Waals surface area contributed by atoms with Crippen molar-refractivity contribution < 1.29 is 0 Å². The highest BCUT2D eigenvalue weighted by atomic mass is 31.0. The van der Waals surface area contributed by atoms with E-state index in [-0.39, 0.29) is 0 Å². The molecule has 0 bridgehead atoms. The molecule has 1 heteroatoms. The second kappa shape index (κ2) is 4.24.